The van der Waals surface area contributed by atoms with Crippen LogP contribution in [0.5, 0.6) is 5.75 Å². The molecule has 7 heteroatoms. The number of benzene rings is 2. The molecule has 1 atom stereocenters. The van der Waals surface area contributed by atoms with Crippen LogP contribution in [0.2, 0.25) is 0 Å². The average molecular weight is 417 g/mol. The smallest absolute Gasteiger partial charge is 0.314 e. The zero-order valence-corrected chi connectivity index (χ0v) is 17.1. The SMILES string of the molecule is CCOC(=O)C1(Cc2ccc(F)cc2F)CCCN(C(=O)c2ccccc2OC)C1. The summed E-state index contributed by atoms with van der Waals surface area (Å²) in [6.07, 6.45) is 1.02. The molecule has 5 nitrogen and oxygen atoms in total. The minimum Gasteiger partial charge on any atom is -0.496 e. The van der Waals surface area contributed by atoms with Crippen LogP contribution in [0, 0.1) is 17.0 Å². The van der Waals surface area contributed by atoms with Crippen molar-refractivity contribution < 1.29 is 27.8 Å². The molecular weight excluding hydrogens is 392 g/mol. The van der Waals surface area contributed by atoms with Crippen molar-refractivity contribution in [3.63, 3.8) is 0 Å². The number of hydrogen-bond donors (Lipinski definition) is 0. The van der Waals surface area contributed by atoms with Crippen LogP contribution in [-0.2, 0) is 16.0 Å². The quantitative estimate of drug-likeness (QED) is 0.667. The van der Waals surface area contributed by atoms with E-state index >= 15 is 0 Å². The van der Waals surface area contributed by atoms with Gasteiger partial charge in [0.25, 0.3) is 5.91 Å². The van der Waals surface area contributed by atoms with E-state index in [1.807, 2.05) is 0 Å². The van der Waals surface area contributed by atoms with Gasteiger partial charge in [0.15, 0.2) is 0 Å². The molecule has 3 rings (SSSR count). The highest BCUT2D eigenvalue weighted by atomic mass is 19.1. The molecule has 0 aromatic heterocycles. The first-order valence-electron chi connectivity index (χ1n) is 9.93. The van der Waals surface area contributed by atoms with Crippen molar-refractivity contribution in [2.24, 2.45) is 5.41 Å². The summed E-state index contributed by atoms with van der Waals surface area (Å²) < 4.78 is 38.3. The highest BCUT2D eigenvalue weighted by Gasteiger charge is 2.45. The standard InChI is InChI=1S/C23H25F2NO4/c1-3-30-22(28)23(14-16-9-10-17(24)13-19(16)25)11-6-12-26(15-23)21(27)18-7-4-5-8-20(18)29-2/h4-5,7-10,13H,3,6,11-12,14-15H2,1-2H3. The van der Waals surface area contributed by atoms with Gasteiger partial charge in [0.2, 0.25) is 0 Å². The molecular formula is C23H25F2NO4. The van der Waals surface area contributed by atoms with E-state index in [1.54, 1.807) is 36.1 Å². The van der Waals surface area contributed by atoms with Gasteiger partial charge in [0, 0.05) is 19.2 Å². The van der Waals surface area contributed by atoms with Gasteiger partial charge in [0.1, 0.15) is 17.4 Å². The van der Waals surface area contributed by atoms with Gasteiger partial charge >= 0.3 is 5.97 Å². The van der Waals surface area contributed by atoms with E-state index < -0.39 is 23.0 Å². The average Bonchev–Trinajstić information content (AvgIpc) is 2.75. The number of amides is 1. The fourth-order valence-electron chi connectivity index (χ4n) is 3.99. The monoisotopic (exact) mass is 417 g/mol. The van der Waals surface area contributed by atoms with Crippen molar-refractivity contribution in [1.29, 1.82) is 0 Å². The summed E-state index contributed by atoms with van der Waals surface area (Å²) in [7, 11) is 1.49. The van der Waals surface area contributed by atoms with E-state index in [2.05, 4.69) is 0 Å². The lowest BCUT2D eigenvalue weighted by Gasteiger charge is -2.41. The van der Waals surface area contributed by atoms with Gasteiger partial charge in [-0.1, -0.05) is 18.2 Å². The van der Waals surface area contributed by atoms with Gasteiger partial charge < -0.3 is 14.4 Å². The van der Waals surface area contributed by atoms with Gasteiger partial charge in [-0.25, -0.2) is 8.78 Å². The summed E-state index contributed by atoms with van der Waals surface area (Å²) in [6.45, 7) is 2.42. The molecule has 1 aliphatic rings. The maximum absolute atomic E-state index is 14.4. The van der Waals surface area contributed by atoms with Crippen LogP contribution in [-0.4, -0.2) is 43.6 Å². The van der Waals surface area contributed by atoms with E-state index in [0.29, 0.717) is 30.7 Å². The predicted octanol–water partition coefficient (Wildman–Crippen LogP) is 4.00. The molecule has 2 aromatic carbocycles. The Balaban J connectivity index is 1.93. The molecule has 0 bridgehead atoms. The largest absolute Gasteiger partial charge is 0.496 e. The first-order valence-corrected chi connectivity index (χ1v) is 9.93. The van der Waals surface area contributed by atoms with Crippen molar-refractivity contribution in [3.05, 3.63) is 65.2 Å². The summed E-state index contributed by atoms with van der Waals surface area (Å²) in [5, 5.41) is 0. The maximum atomic E-state index is 14.4. The minimum atomic E-state index is -1.11. The number of carbonyl (C=O) groups excluding carboxylic acids is 2. The molecule has 30 heavy (non-hydrogen) atoms. The summed E-state index contributed by atoms with van der Waals surface area (Å²) in [5.41, 5.74) is -0.492. The molecule has 0 N–H and O–H groups in total. The third-order valence-corrected chi connectivity index (χ3v) is 5.45. The first kappa shape index (κ1) is 21.7. The Morgan fingerprint density at radius 1 is 1.17 bits per heavy atom. The minimum absolute atomic E-state index is 0.0215. The summed E-state index contributed by atoms with van der Waals surface area (Å²) in [6, 6.07) is 10.2. The van der Waals surface area contributed by atoms with Gasteiger partial charge in [-0.05, 0) is 49.9 Å². The van der Waals surface area contributed by atoms with E-state index in [-0.39, 0.29) is 31.0 Å². The zero-order chi connectivity index (χ0) is 21.7. The summed E-state index contributed by atoms with van der Waals surface area (Å²) >= 11 is 0. The second kappa shape index (κ2) is 9.24. The highest BCUT2D eigenvalue weighted by molar-refractivity contribution is 5.97. The third kappa shape index (κ3) is 4.45. The van der Waals surface area contributed by atoms with Crippen LogP contribution in [0.3, 0.4) is 0 Å². The molecule has 0 radical (unpaired) electrons. The Hall–Kier alpha value is -2.96. The van der Waals surface area contributed by atoms with Crippen molar-refractivity contribution in [3.8, 4) is 5.75 Å². The Labute approximate surface area is 174 Å². The van der Waals surface area contributed by atoms with Crippen LogP contribution in [0.25, 0.3) is 0 Å². The number of rotatable bonds is 6. The third-order valence-electron chi connectivity index (χ3n) is 5.45. The fourth-order valence-corrected chi connectivity index (χ4v) is 3.99. The first-order chi connectivity index (χ1) is 14.4. The Bertz CT molecular complexity index is 933. The Kier molecular flexibility index (Phi) is 6.70. The Morgan fingerprint density at radius 3 is 2.63 bits per heavy atom. The number of halogens is 2. The van der Waals surface area contributed by atoms with E-state index in [4.69, 9.17) is 9.47 Å². The zero-order valence-electron chi connectivity index (χ0n) is 17.1. The van der Waals surface area contributed by atoms with Gasteiger partial charge in [-0.3, -0.25) is 9.59 Å². The normalized spacial score (nSPS) is 18.7. The molecule has 1 heterocycles. The predicted molar refractivity (Wildman–Crippen MR) is 107 cm³/mol. The van der Waals surface area contributed by atoms with Crippen LogP contribution >= 0.6 is 0 Å². The number of nitrogens with zero attached hydrogens (tertiary/aromatic N) is 1. The number of esters is 1. The van der Waals surface area contributed by atoms with E-state index in [0.717, 1.165) is 12.1 Å². The van der Waals surface area contributed by atoms with Crippen molar-refractivity contribution in [1.82, 2.24) is 4.90 Å². The molecule has 2 aromatic rings. The second-order valence-corrected chi connectivity index (χ2v) is 7.44. The Morgan fingerprint density at radius 2 is 1.93 bits per heavy atom. The summed E-state index contributed by atoms with van der Waals surface area (Å²) in [4.78, 5) is 27.7. The lowest BCUT2D eigenvalue weighted by molar-refractivity contribution is -0.158. The molecule has 1 amide bonds. The van der Waals surface area contributed by atoms with Gasteiger partial charge in [0.05, 0.1) is 24.7 Å². The fraction of sp³-hybridized carbons (Fsp3) is 0.391. The van der Waals surface area contributed by atoms with Crippen LogP contribution in [0.4, 0.5) is 8.78 Å². The molecule has 160 valence electrons. The second-order valence-electron chi connectivity index (χ2n) is 7.44. The van der Waals surface area contributed by atoms with E-state index in [1.165, 1.54) is 13.2 Å². The highest BCUT2D eigenvalue weighted by Crippen LogP contribution is 2.37. The van der Waals surface area contributed by atoms with Crippen molar-refractivity contribution in [2.75, 3.05) is 26.8 Å². The maximum Gasteiger partial charge on any atom is 0.314 e. The van der Waals surface area contributed by atoms with Crippen LogP contribution < -0.4 is 4.74 Å². The number of ether oxygens (including phenoxy) is 2. The number of hydrogen-bond acceptors (Lipinski definition) is 4. The van der Waals surface area contributed by atoms with E-state index in [9.17, 15) is 18.4 Å². The lowest BCUT2D eigenvalue weighted by Crippen LogP contribution is -2.51. The van der Waals surface area contributed by atoms with Crippen molar-refractivity contribution in [2.45, 2.75) is 26.2 Å². The lowest BCUT2D eigenvalue weighted by atomic mass is 9.74. The molecule has 0 saturated carbocycles. The number of para-hydroxylation sites is 1. The molecule has 1 aliphatic heterocycles. The number of likely N-dealkylation sites (tertiary alicyclic amines) is 1. The molecule has 1 unspecified atom stereocenters. The van der Waals surface area contributed by atoms with Crippen LogP contribution in [0.1, 0.15) is 35.7 Å². The molecule has 1 fully saturated rings. The number of methoxy groups -OCH3 is 1. The molecule has 0 spiro atoms. The van der Waals surface area contributed by atoms with Gasteiger partial charge in [-0.2, -0.15) is 0 Å². The molecule has 0 aliphatic carbocycles. The van der Waals surface area contributed by atoms with Gasteiger partial charge in [-0.15, -0.1) is 0 Å². The van der Waals surface area contributed by atoms with Crippen molar-refractivity contribution >= 4 is 11.9 Å². The number of piperidine rings is 1. The molecule has 1 saturated heterocycles. The summed E-state index contributed by atoms with van der Waals surface area (Å²) in [5.74, 6) is -1.70. The van der Waals surface area contributed by atoms with Crippen LogP contribution in [0.15, 0.2) is 42.5 Å². The topological polar surface area (TPSA) is 55.8 Å². The number of carbonyl (C=O) groups is 2.